The summed E-state index contributed by atoms with van der Waals surface area (Å²) in [4.78, 5) is 15.4. The van der Waals surface area contributed by atoms with Crippen LogP contribution < -0.4 is 10.2 Å². The van der Waals surface area contributed by atoms with Gasteiger partial charge in [0, 0.05) is 30.7 Å². The zero-order chi connectivity index (χ0) is 16.5. The number of carbonyl (C=O) groups excluding carboxylic acids is 1. The van der Waals surface area contributed by atoms with Gasteiger partial charge in [0.25, 0.3) is 0 Å². The molecule has 122 valence electrons. The van der Waals surface area contributed by atoms with Gasteiger partial charge in [-0.2, -0.15) is 0 Å². The van der Waals surface area contributed by atoms with Gasteiger partial charge in [0.05, 0.1) is 5.25 Å². The molecular formula is C19H24N2OS. The third-order valence-corrected chi connectivity index (χ3v) is 4.70. The lowest BCUT2D eigenvalue weighted by atomic mass is 10.3. The fourth-order valence-corrected chi connectivity index (χ4v) is 3.15. The molecule has 0 aromatic heterocycles. The van der Waals surface area contributed by atoms with Crippen molar-refractivity contribution in [1.29, 1.82) is 0 Å². The van der Waals surface area contributed by atoms with Crippen LogP contribution in [0.5, 0.6) is 0 Å². The molecule has 1 N–H and O–H groups in total. The summed E-state index contributed by atoms with van der Waals surface area (Å²) < 4.78 is 0. The van der Waals surface area contributed by atoms with Crippen molar-refractivity contribution in [3.8, 4) is 0 Å². The Labute approximate surface area is 143 Å². The van der Waals surface area contributed by atoms with Gasteiger partial charge in [0.2, 0.25) is 5.91 Å². The predicted molar refractivity (Wildman–Crippen MR) is 99.1 cm³/mol. The van der Waals surface area contributed by atoms with E-state index >= 15 is 0 Å². The van der Waals surface area contributed by atoms with E-state index in [0.717, 1.165) is 17.9 Å². The second-order valence-corrected chi connectivity index (χ2v) is 6.89. The van der Waals surface area contributed by atoms with Crippen molar-refractivity contribution < 1.29 is 4.79 Å². The Kier molecular flexibility index (Phi) is 7.01. The van der Waals surface area contributed by atoms with Gasteiger partial charge in [0.1, 0.15) is 0 Å². The first-order valence-electron chi connectivity index (χ1n) is 7.92. The number of rotatable bonds is 8. The van der Waals surface area contributed by atoms with Gasteiger partial charge < -0.3 is 10.2 Å². The maximum Gasteiger partial charge on any atom is 0.233 e. The standard InChI is InChI=1S/C19H24N2OS/c1-16(23-18-12-7-4-8-13-18)19(22)20-14-9-15-21(2)17-10-5-3-6-11-17/h3-8,10-13,16H,9,14-15H2,1-2H3,(H,20,22)/t16-/m1/s1. The number of para-hydroxylation sites is 1. The van der Waals surface area contributed by atoms with E-state index in [4.69, 9.17) is 0 Å². The molecule has 2 aromatic rings. The topological polar surface area (TPSA) is 32.3 Å². The van der Waals surface area contributed by atoms with Gasteiger partial charge in [-0.1, -0.05) is 36.4 Å². The van der Waals surface area contributed by atoms with Gasteiger partial charge in [-0.25, -0.2) is 0 Å². The minimum Gasteiger partial charge on any atom is -0.375 e. The fraction of sp³-hybridized carbons (Fsp3) is 0.316. The van der Waals surface area contributed by atoms with Gasteiger partial charge in [-0.05, 0) is 37.6 Å². The molecular weight excluding hydrogens is 304 g/mol. The molecule has 0 saturated carbocycles. The van der Waals surface area contributed by atoms with E-state index in [2.05, 4.69) is 29.4 Å². The summed E-state index contributed by atoms with van der Waals surface area (Å²) in [5.74, 6) is 0.0983. The zero-order valence-corrected chi connectivity index (χ0v) is 14.6. The second-order valence-electron chi connectivity index (χ2n) is 5.47. The van der Waals surface area contributed by atoms with Crippen molar-refractivity contribution in [2.45, 2.75) is 23.5 Å². The van der Waals surface area contributed by atoms with Gasteiger partial charge in [-0.15, -0.1) is 11.8 Å². The highest BCUT2D eigenvalue weighted by Gasteiger charge is 2.13. The van der Waals surface area contributed by atoms with E-state index in [0.29, 0.717) is 6.54 Å². The molecule has 2 aromatic carbocycles. The summed E-state index contributed by atoms with van der Waals surface area (Å²) in [6, 6.07) is 20.3. The van der Waals surface area contributed by atoms with E-state index in [-0.39, 0.29) is 11.2 Å². The minimum absolute atomic E-state index is 0.0794. The third-order valence-electron chi connectivity index (χ3n) is 3.59. The number of nitrogens with zero attached hydrogens (tertiary/aromatic N) is 1. The number of hydrogen-bond acceptors (Lipinski definition) is 3. The van der Waals surface area contributed by atoms with E-state index < -0.39 is 0 Å². The van der Waals surface area contributed by atoms with Crippen LogP contribution in [-0.4, -0.2) is 31.3 Å². The number of amides is 1. The zero-order valence-electron chi connectivity index (χ0n) is 13.7. The molecule has 0 spiro atoms. The highest BCUT2D eigenvalue weighted by atomic mass is 32.2. The lowest BCUT2D eigenvalue weighted by molar-refractivity contribution is -0.120. The molecule has 0 heterocycles. The highest BCUT2D eigenvalue weighted by Crippen LogP contribution is 2.22. The average Bonchev–Trinajstić information content (AvgIpc) is 2.60. The van der Waals surface area contributed by atoms with Crippen LogP contribution in [0, 0.1) is 0 Å². The van der Waals surface area contributed by atoms with Crippen LogP contribution in [0.25, 0.3) is 0 Å². The lowest BCUT2D eigenvalue weighted by Crippen LogP contribution is -2.33. The van der Waals surface area contributed by atoms with Crippen LogP contribution in [-0.2, 0) is 4.79 Å². The quantitative estimate of drug-likeness (QED) is 0.591. The van der Waals surface area contributed by atoms with Crippen LogP contribution in [0.15, 0.2) is 65.6 Å². The van der Waals surface area contributed by atoms with Crippen molar-refractivity contribution in [2.75, 3.05) is 25.0 Å². The SMILES string of the molecule is C[C@@H](Sc1ccccc1)C(=O)NCCCN(C)c1ccccc1. The summed E-state index contributed by atoms with van der Waals surface area (Å²) in [7, 11) is 2.07. The fourth-order valence-electron chi connectivity index (χ4n) is 2.24. The Morgan fingerprint density at radius 3 is 2.35 bits per heavy atom. The second kappa shape index (κ2) is 9.26. The molecule has 0 unspecified atom stereocenters. The summed E-state index contributed by atoms with van der Waals surface area (Å²) in [5.41, 5.74) is 1.20. The van der Waals surface area contributed by atoms with Gasteiger partial charge in [0.15, 0.2) is 0 Å². The largest absolute Gasteiger partial charge is 0.375 e. The molecule has 0 fully saturated rings. The summed E-state index contributed by atoms with van der Waals surface area (Å²) >= 11 is 1.59. The number of nitrogens with one attached hydrogen (secondary N) is 1. The first kappa shape index (κ1) is 17.4. The summed E-state index contributed by atoms with van der Waals surface area (Å²) in [6.45, 7) is 3.57. The molecule has 0 aliphatic carbocycles. The number of thioether (sulfide) groups is 1. The van der Waals surface area contributed by atoms with E-state index in [1.165, 1.54) is 5.69 Å². The van der Waals surface area contributed by atoms with Crippen LogP contribution in [0.2, 0.25) is 0 Å². The van der Waals surface area contributed by atoms with Crippen molar-refractivity contribution >= 4 is 23.4 Å². The average molecular weight is 328 g/mol. The van der Waals surface area contributed by atoms with Crippen LogP contribution in [0.3, 0.4) is 0 Å². The molecule has 0 radical (unpaired) electrons. The Balaban J connectivity index is 1.66. The van der Waals surface area contributed by atoms with Crippen LogP contribution in [0.4, 0.5) is 5.69 Å². The Bertz CT molecular complexity index is 589. The predicted octanol–water partition coefficient (Wildman–Crippen LogP) is 3.81. The molecule has 0 aliphatic rings. The maximum absolute atomic E-state index is 12.1. The summed E-state index contributed by atoms with van der Waals surface area (Å²) in [5, 5.41) is 2.94. The molecule has 3 nitrogen and oxygen atoms in total. The molecule has 0 bridgehead atoms. The number of anilines is 1. The molecule has 23 heavy (non-hydrogen) atoms. The first-order chi connectivity index (χ1) is 11.2. The number of hydrogen-bond donors (Lipinski definition) is 1. The highest BCUT2D eigenvalue weighted by molar-refractivity contribution is 8.00. The number of benzene rings is 2. The van der Waals surface area contributed by atoms with Crippen LogP contribution >= 0.6 is 11.8 Å². The summed E-state index contributed by atoms with van der Waals surface area (Å²) in [6.07, 6.45) is 0.930. The lowest BCUT2D eigenvalue weighted by Gasteiger charge is -2.19. The van der Waals surface area contributed by atoms with Crippen molar-refractivity contribution in [3.05, 3.63) is 60.7 Å². The Morgan fingerprint density at radius 1 is 1.09 bits per heavy atom. The Morgan fingerprint density at radius 2 is 1.70 bits per heavy atom. The van der Waals surface area contributed by atoms with E-state index in [1.807, 2.05) is 55.5 Å². The smallest absolute Gasteiger partial charge is 0.233 e. The van der Waals surface area contributed by atoms with Crippen molar-refractivity contribution in [2.24, 2.45) is 0 Å². The van der Waals surface area contributed by atoms with Gasteiger partial charge >= 0.3 is 0 Å². The molecule has 0 saturated heterocycles. The Hall–Kier alpha value is -1.94. The first-order valence-corrected chi connectivity index (χ1v) is 8.80. The number of carbonyl (C=O) groups is 1. The van der Waals surface area contributed by atoms with E-state index in [9.17, 15) is 4.79 Å². The van der Waals surface area contributed by atoms with Crippen LogP contribution in [0.1, 0.15) is 13.3 Å². The molecule has 1 amide bonds. The van der Waals surface area contributed by atoms with Crippen molar-refractivity contribution in [1.82, 2.24) is 5.32 Å². The molecule has 4 heteroatoms. The monoisotopic (exact) mass is 328 g/mol. The molecule has 0 aliphatic heterocycles. The van der Waals surface area contributed by atoms with Gasteiger partial charge in [-0.3, -0.25) is 4.79 Å². The normalized spacial score (nSPS) is 11.7. The maximum atomic E-state index is 12.1. The molecule has 2 rings (SSSR count). The minimum atomic E-state index is -0.0794. The third kappa shape index (κ3) is 5.99. The van der Waals surface area contributed by atoms with Crippen molar-refractivity contribution in [3.63, 3.8) is 0 Å². The molecule has 1 atom stereocenters. The van der Waals surface area contributed by atoms with E-state index in [1.54, 1.807) is 11.8 Å².